The van der Waals surface area contributed by atoms with Gasteiger partial charge in [-0.2, -0.15) is 10.1 Å². The molecular formula is C19H24N6O2. The lowest BCUT2D eigenvalue weighted by atomic mass is 10.1. The first kappa shape index (κ1) is 18.6. The summed E-state index contributed by atoms with van der Waals surface area (Å²) in [7, 11) is 0. The molecule has 8 heteroatoms. The summed E-state index contributed by atoms with van der Waals surface area (Å²) >= 11 is 0. The van der Waals surface area contributed by atoms with E-state index in [4.69, 9.17) is 0 Å². The number of anilines is 1. The number of H-pyrrole nitrogens is 1. The molecule has 3 rings (SSSR count). The molecule has 0 aliphatic rings. The molecule has 27 heavy (non-hydrogen) atoms. The average molecular weight is 368 g/mol. The van der Waals surface area contributed by atoms with Crippen molar-refractivity contribution in [3.05, 3.63) is 52.4 Å². The minimum atomic E-state index is -0.276. The third kappa shape index (κ3) is 4.33. The summed E-state index contributed by atoms with van der Waals surface area (Å²) in [6.45, 7) is 7.10. The predicted molar refractivity (Wildman–Crippen MR) is 105 cm³/mol. The summed E-state index contributed by atoms with van der Waals surface area (Å²) in [6, 6.07) is 9.08. The second-order valence-electron chi connectivity index (χ2n) is 7.28. The lowest BCUT2D eigenvalue weighted by Crippen LogP contribution is -2.26. The third-order valence-corrected chi connectivity index (χ3v) is 4.04. The Balaban J connectivity index is 1.58. The maximum atomic E-state index is 12.2. The number of aromatic nitrogens is 4. The molecule has 2 heterocycles. The van der Waals surface area contributed by atoms with Crippen molar-refractivity contribution in [3.8, 4) is 0 Å². The Morgan fingerprint density at radius 1 is 1.19 bits per heavy atom. The molecule has 0 radical (unpaired) electrons. The van der Waals surface area contributed by atoms with E-state index in [1.807, 2.05) is 39.0 Å². The molecule has 8 nitrogen and oxygen atoms in total. The predicted octanol–water partition coefficient (Wildman–Crippen LogP) is 2.11. The number of fused-ring (bicyclic) bond motifs is 1. The first-order valence-electron chi connectivity index (χ1n) is 8.92. The monoisotopic (exact) mass is 368 g/mol. The van der Waals surface area contributed by atoms with Gasteiger partial charge in [0, 0.05) is 18.7 Å². The molecule has 0 aliphatic carbocycles. The summed E-state index contributed by atoms with van der Waals surface area (Å²) < 4.78 is 1.74. The van der Waals surface area contributed by atoms with E-state index in [-0.39, 0.29) is 17.0 Å². The maximum absolute atomic E-state index is 12.2. The Labute approximate surface area is 157 Å². The summed E-state index contributed by atoms with van der Waals surface area (Å²) in [5.41, 5.74) is 0.681. The van der Waals surface area contributed by atoms with E-state index in [0.29, 0.717) is 42.1 Å². The quantitative estimate of drug-likeness (QED) is 0.578. The summed E-state index contributed by atoms with van der Waals surface area (Å²) in [4.78, 5) is 31.4. The number of nitrogens with zero attached hydrogens (tertiary/aromatic N) is 3. The van der Waals surface area contributed by atoms with Gasteiger partial charge >= 0.3 is 0 Å². The van der Waals surface area contributed by atoms with Crippen molar-refractivity contribution >= 4 is 22.9 Å². The van der Waals surface area contributed by atoms with Crippen LogP contribution >= 0.6 is 0 Å². The first-order valence-corrected chi connectivity index (χ1v) is 8.92. The van der Waals surface area contributed by atoms with Gasteiger partial charge in [0.15, 0.2) is 5.65 Å². The van der Waals surface area contributed by atoms with Gasteiger partial charge in [-0.1, -0.05) is 18.2 Å². The highest BCUT2D eigenvalue weighted by Crippen LogP contribution is 2.18. The molecule has 0 unspecified atom stereocenters. The molecule has 0 saturated heterocycles. The highest BCUT2D eigenvalue weighted by Gasteiger charge is 2.19. The van der Waals surface area contributed by atoms with Gasteiger partial charge in [-0.3, -0.25) is 14.6 Å². The number of nitrogens with one attached hydrogen (secondary N) is 3. The largest absolute Gasteiger partial charge is 0.356 e. The number of amides is 1. The number of rotatable bonds is 6. The molecule has 1 amide bonds. The maximum Gasteiger partial charge on any atom is 0.263 e. The van der Waals surface area contributed by atoms with Gasteiger partial charge in [-0.25, -0.2) is 4.68 Å². The van der Waals surface area contributed by atoms with Crippen LogP contribution in [0, 0.1) is 0 Å². The molecule has 3 N–H and O–H groups in total. The minimum absolute atomic E-state index is 0.0994. The molecular weight excluding hydrogens is 344 g/mol. The van der Waals surface area contributed by atoms with Crippen LogP contribution in [-0.2, 0) is 5.54 Å². The van der Waals surface area contributed by atoms with E-state index in [0.717, 1.165) is 0 Å². The van der Waals surface area contributed by atoms with E-state index < -0.39 is 0 Å². The van der Waals surface area contributed by atoms with Crippen LogP contribution in [0.1, 0.15) is 37.6 Å². The topological polar surface area (TPSA) is 105 Å². The molecule has 0 bridgehead atoms. The van der Waals surface area contributed by atoms with Crippen LogP contribution in [0.25, 0.3) is 11.0 Å². The first-order chi connectivity index (χ1) is 12.9. The molecule has 142 valence electrons. The average Bonchev–Trinajstić information content (AvgIpc) is 3.07. The van der Waals surface area contributed by atoms with Crippen molar-refractivity contribution in [2.24, 2.45) is 0 Å². The van der Waals surface area contributed by atoms with Crippen molar-refractivity contribution in [1.29, 1.82) is 0 Å². The molecule has 0 aliphatic heterocycles. The van der Waals surface area contributed by atoms with Crippen molar-refractivity contribution in [1.82, 2.24) is 25.1 Å². The SMILES string of the molecule is CC(C)(C)n1ncc2c(=O)[nH]c(NCCCNC(=O)c3ccccc3)nc21. The van der Waals surface area contributed by atoms with Crippen LogP contribution in [0.3, 0.4) is 0 Å². The van der Waals surface area contributed by atoms with Crippen molar-refractivity contribution < 1.29 is 4.79 Å². The van der Waals surface area contributed by atoms with Gasteiger partial charge < -0.3 is 10.6 Å². The van der Waals surface area contributed by atoms with E-state index in [1.165, 1.54) is 6.20 Å². The Bertz CT molecular complexity index is 985. The zero-order valence-electron chi connectivity index (χ0n) is 15.7. The summed E-state index contributed by atoms with van der Waals surface area (Å²) in [5.74, 6) is 0.297. The van der Waals surface area contributed by atoms with Crippen molar-refractivity contribution in [2.75, 3.05) is 18.4 Å². The van der Waals surface area contributed by atoms with Crippen LogP contribution in [0.15, 0.2) is 41.3 Å². The fourth-order valence-corrected chi connectivity index (χ4v) is 2.68. The number of aromatic amines is 1. The van der Waals surface area contributed by atoms with Gasteiger partial charge in [0.1, 0.15) is 5.39 Å². The minimum Gasteiger partial charge on any atom is -0.356 e. The Kier molecular flexibility index (Phi) is 5.25. The van der Waals surface area contributed by atoms with E-state index in [9.17, 15) is 9.59 Å². The number of carbonyl (C=O) groups is 1. The number of benzene rings is 1. The van der Waals surface area contributed by atoms with E-state index in [2.05, 4.69) is 25.7 Å². The number of hydrogen-bond donors (Lipinski definition) is 3. The van der Waals surface area contributed by atoms with E-state index >= 15 is 0 Å². The second-order valence-corrected chi connectivity index (χ2v) is 7.28. The fourth-order valence-electron chi connectivity index (χ4n) is 2.68. The molecule has 0 fully saturated rings. The third-order valence-electron chi connectivity index (χ3n) is 4.04. The van der Waals surface area contributed by atoms with Gasteiger partial charge in [0.25, 0.3) is 11.5 Å². The second kappa shape index (κ2) is 7.61. The summed E-state index contributed by atoms with van der Waals surface area (Å²) in [6.07, 6.45) is 2.23. The van der Waals surface area contributed by atoms with Crippen LogP contribution in [-0.4, -0.2) is 38.7 Å². The van der Waals surface area contributed by atoms with Gasteiger partial charge in [-0.05, 0) is 39.3 Å². The highest BCUT2D eigenvalue weighted by molar-refractivity contribution is 5.94. The van der Waals surface area contributed by atoms with Crippen LogP contribution in [0.2, 0.25) is 0 Å². The van der Waals surface area contributed by atoms with Gasteiger partial charge in [-0.15, -0.1) is 0 Å². The fraction of sp³-hybridized carbons (Fsp3) is 0.368. The molecule has 0 spiro atoms. The zero-order chi connectivity index (χ0) is 19.4. The Hall–Kier alpha value is -3.16. The Morgan fingerprint density at radius 3 is 2.63 bits per heavy atom. The molecule has 0 saturated carbocycles. The van der Waals surface area contributed by atoms with Crippen LogP contribution in [0.5, 0.6) is 0 Å². The standard InChI is InChI=1S/C19H24N6O2/c1-19(2,3)25-15-14(12-22-25)17(27)24-18(23-15)21-11-7-10-20-16(26)13-8-5-4-6-9-13/h4-6,8-9,12H,7,10-11H2,1-3H3,(H,20,26)(H2,21,23,24,27). The zero-order valence-corrected chi connectivity index (χ0v) is 15.7. The van der Waals surface area contributed by atoms with Crippen LogP contribution < -0.4 is 16.2 Å². The number of hydrogen-bond acceptors (Lipinski definition) is 5. The molecule has 3 aromatic rings. The highest BCUT2D eigenvalue weighted by atomic mass is 16.1. The smallest absolute Gasteiger partial charge is 0.263 e. The summed E-state index contributed by atoms with van der Waals surface area (Å²) in [5, 5.41) is 10.7. The van der Waals surface area contributed by atoms with Crippen molar-refractivity contribution in [2.45, 2.75) is 32.7 Å². The van der Waals surface area contributed by atoms with Gasteiger partial charge in [0.05, 0.1) is 11.7 Å². The van der Waals surface area contributed by atoms with Crippen LogP contribution in [0.4, 0.5) is 5.95 Å². The lowest BCUT2D eigenvalue weighted by Gasteiger charge is -2.19. The normalized spacial score (nSPS) is 11.5. The molecule has 2 aromatic heterocycles. The van der Waals surface area contributed by atoms with Crippen molar-refractivity contribution in [3.63, 3.8) is 0 Å². The molecule has 1 aromatic carbocycles. The van der Waals surface area contributed by atoms with Gasteiger partial charge in [0.2, 0.25) is 5.95 Å². The molecule has 0 atom stereocenters. The number of carbonyl (C=O) groups excluding carboxylic acids is 1. The van der Waals surface area contributed by atoms with E-state index in [1.54, 1.807) is 16.8 Å². The lowest BCUT2D eigenvalue weighted by molar-refractivity contribution is 0.0953. The Morgan fingerprint density at radius 2 is 1.93 bits per heavy atom.